The topological polar surface area (TPSA) is 87.3 Å². The van der Waals surface area contributed by atoms with E-state index in [1.54, 1.807) is 4.90 Å². The monoisotopic (exact) mass is 494 g/mol. The molecule has 7 heteroatoms. The third-order valence-corrected chi connectivity index (χ3v) is 7.08. The number of hydrogen-bond acceptors (Lipinski definition) is 4. The molecule has 7 nitrogen and oxygen atoms in total. The molecule has 188 valence electrons. The van der Waals surface area contributed by atoms with E-state index in [0.29, 0.717) is 19.0 Å². The van der Waals surface area contributed by atoms with Gasteiger partial charge in [0.2, 0.25) is 5.91 Å². The Kier molecular flexibility index (Phi) is 6.35. The Bertz CT molecular complexity index is 1430. The molecular weight excluding hydrogens is 464 g/mol. The SMILES string of the molecule is O=C(Cc1cccc(-c2ccc3nc(C4CCCN4C(=O)OCc4ccccc4)[nH]c3c2)c1)NC1CC1. The summed E-state index contributed by atoms with van der Waals surface area (Å²) < 4.78 is 5.59. The number of carbonyl (C=O) groups excluding carboxylic acids is 2. The number of nitrogens with zero attached hydrogens (tertiary/aromatic N) is 2. The van der Waals surface area contributed by atoms with Crippen LogP contribution in [0.15, 0.2) is 72.8 Å². The van der Waals surface area contributed by atoms with Crippen molar-refractivity contribution in [3.63, 3.8) is 0 Å². The highest BCUT2D eigenvalue weighted by atomic mass is 16.6. The highest BCUT2D eigenvalue weighted by molar-refractivity contribution is 5.83. The summed E-state index contributed by atoms with van der Waals surface area (Å²) in [6.07, 6.45) is 4.01. The first-order valence-corrected chi connectivity index (χ1v) is 13.0. The Morgan fingerprint density at radius 1 is 0.946 bits per heavy atom. The number of fused-ring (bicyclic) bond motifs is 1. The lowest BCUT2D eigenvalue weighted by Gasteiger charge is -2.22. The van der Waals surface area contributed by atoms with Crippen LogP contribution in [0.3, 0.4) is 0 Å². The Hall–Kier alpha value is -4.13. The van der Waals surface area contributed by atoms with Crippen LogP contribution in [-0.2, 0) is 22.6 Å². The molecule has 1 saturated heterocycles. The smallest absolute Gasteiger partial charge is 0.410 e. The molecule has 37 heavy (non-hydrogen) atoms. The van der Waals surface area contributed by atoms with Crippen LogP contribution in [0.4, 0.5) is 4.79 Å². The van der Waals surface area contributed by atoms with Gasteiger partial charge >= 0.3 is 6.09 Å². The van der Waals surface area contributed by atoms with Crippen LogP contribution < -0.4 is 5.32 Å². The molecule has 2 heterocycles. The molecule has 1 aromatic heterocycles. The summed E-state index contributed by atoms with van der Waals surface area (Å²) in [5, 5.41) is 3.05. The van der Waals surface area contributed by atoms with Gasteiger partial charge in [-0.05, 0) is 60.1 Å². The van der Waals surface area contributed by atoms with E-state index >= 15 is 0 Å². The quantitative estimate of drug-likeness (QED) is 0.354. The zero-order chi connectivity index (χ0) is 25.2. The molecule has 1 atom stereocenters. The fraction of sp³-hybridized carbons (Fsp3) is 0.300. The van der Waals surface area contributed by atoms with Crippen LogP contribution in [0.25, 0.3) is 22.2 Å². The van der Waals surface area contributed by atoms with Gasteiger partial charge in [0.15, 0.2) is 0 Å². The maximum absolute atomic E-state index is 12.9. The molecule has 1 aliphatic carbocycles. The molecule has 2 N–H and O–H groups in total. The number of likely N-dealkylation sites (tertiary alicyclic amines) is 1. The molecule has 1 saturated carbocycles. The summed E-state index contributed by atoms with van der Waals surface area (Å²) in [7, 11) is 0. The van der Waals surface area contributed by atoms with Crippen molar-refractivity contribution in [2.75, 3.05) is 6.54 Å². The van der Waals surface area contributed by atoms with Crippen molar-refractivity contribution in [1.82, 2.24) is 20.2 Å². The second-order valence-corrected chi connectivity index (χ2v) is 9.96. The fourth-order valence-corrected chi connectivity index (χ4v) is 4.99. The molecular formula is C30H30N4O3. The first kappa shape index (κ1) is 23.3. The van der Waals surface area contributed by atoms with Crippen LogP contribution in [-0.4, -0.2) is 39.5 Å². The minimum absolute atomic E-state index is 0.0803. The molecule has 2 fully saturated rings. The first-order valence-electron chi connectivity index (χ1n) is 13.0. The van der Waals surface area contributed by atoms with Crippen molar-refractivity contribution in [1.29, 1.82) is 0 Å². The van der Waals surface area contributed by atoms with E-state index in [1.165, 1.54) is 0 Å². The molecule has 2 aliphatic rings. The molecule has 3 aromatic carbocycles. The molecule has 1 unspecified atom stereocenters. The van der Waals surface area contributed by atoms with Crippen molar-refractivity contribution in [3.8, 4) is 11.1 Å². The third kappa shape index (κ3) is 5.35. The molecule has 1 aliphatic heterocycles. The summed E-state index contributed by atoms with van der Waals surface area (Å²) in [5.74, 6) is 0.864. The van der Waals surface area contributed by atoms with E-state index in [2.05, 4.69) is 34.6 Å². The lowest BCUT2D eigenvalue weighted by Crippen LogP contribution is -2.31. The predicted octanol–water partition coefficient (Wildman–Crippen LogP) is 5.52. The minimum Gasteiger partial charge on any atom is -0.445 e. The average Bonchev–Trinajstić information content (AvgIpc) is 3.41. The summed E-state index contributed by atoms with van der Waals surface area (Å²) in [6, 6.07) is 24.2. The first-order chi connectivity index (χ1) is 18.1. The number of rotatable bonds is 7. The number of aromatic nitrogens is 2. The normalized spacial score (nSPS) is 17.2. The Balaban J connectivity index is 1.17. The molecule has 0 radical (unpaired) electrons. The molecule has 0 spiro atoms. The Labute approximate surface area is 215 Å². The van der Waals surface area contributed by atoms with Gasteiger partial charge in [-0.2, -0.15) is 0 Å². The van der Waals surface area contributed by atoms with E-state index < -0.39 is 0 Å². The van der Waals surface area contributed by atoms with Crippen LogP contribution in [0.5, 0.6) is 0 Å². The molecule has 6 rings (SSSR count). The molecule has 4 aromatic rings. The fourth-order valence-electron chi connectivity index (χ4n) is 4.99. The number of amides is 2. The predicted molar refractivity (Wildman–Crippen MR) is 142 cm³/mol. The van der Waals surface area contributed by atoms with E-state index in [4.69, 9.17) is 9.72 Å². The second-order valence-electron chi connectivity index (χ2n) is 9.96. The highest BCUT2D eigenvalue weighted by Crippen LogP contribution is 2.33. The van der Waals surface area contributed by atoms with Gasteiger partial charge in [-0.15, -0.1) is 0 Å². The third-order valence-electron chi connectivity index (χ3n) is 7.08. The maximum Gasteiger partial charge on any atom is 0.410 e. The van der Waals surface area contributed by atoms with Crippen LogP contribution in [0.1, 0.15) is 48.7 Å². The van der Waals surface area contributed by atoms with Crippen molar-refractivity contribution in [2.24, 2.45) is 0 Å². The summed E-state index contributed by atoms with van der Waals surface area (Å²) in [4.78, 5) is 35.1. The van der Waals surface area contributed by atoms with Crippen molar-refractivity contribution < 1.29 is 14.3 Å². The second kappa shape index (κ2) is 10.1. The number of H-pyrrole nitrogens is 1. The van der Waals surface area contributed by atoms with Gasteiger partial charge in [-0.1, -0.05) is 60.7 Å². The van der Waals surface area contributed by atoms with Gasteiger partial charge in [-0.25, -0.2) is 9.78 Å². The number of ether oxygens (including phenoxy) is 1. The van der Waals surface area contributed by atoms with E-state index in [0.717, 1.165) is 64.8 Å². The van der Waals surface area contributed by atoms with Gasteiger partial charge in [0.25, 0.3) is 0 Å². The van der Waals surface area contributed by atoms with Crippen molar-refractivity contribution in [2.45, 2.75) is 50.8 Å². The number of carbonyl (C=O) groups is 2. The van der Waals surface area contributed by atoms with E-state index in [-0.39, 0.29) is 24.6 Å². The summed E-state index contributed by atoms with van der Waals surface area (Å²) in [6.45, 7) is 0.912. The number of nitrogens with one attached hydrogen (secondary N) is 2. The maximum atomic E-state index is 12.9. The average molecular weight is 495 g/mol. The van der Waals surface area contributed by atoms with Crippen molar-refractivity contribution in [3.05, 3.63) is 89.7 Å². The minimum atomic E-state index is -0.310. The summed E-state index contributed by atoms with van der Waals surface area (Å²) in [5.41, 5.74) is 5.86. The van der Waals surface area contributed by atoms with Crippen LogP contribution >= 0.6 is 0 Å². The lowest BCUT2D eigenvalue weighted by molar-refractivity contribution is -0.120. The van der Waals surface area contributed by atoms with Gasteiger partial charge in [-0.3, -0.25) is 9.69 Å². The number of benzene rings is 3. The van der Waals surface area contributed by atoms with Crippen LogP contribution in [0.2, 0.25) is 0 Å². The summed E-state index contributed by atoms with van der Waals surface area (Å²) >= 11 is 0. The standard InChI is InChI=1S/C30H30N4O3/c35-28(31-24-12-13-24)17-21-8-4-9-22(16-21)23-11-14-25-26(18-23)33-29(32-25)27-10-5-15-34(27)30(36)37-19-20-6-2-1-3-7-20/h1-4,6-9,11,14,16,18,24,27H,5,10,12-13,15,17,19H2,(H,31,35)(H,32,33). The zero-order valence-electron chi connectivity index (χ0n) is 20.7. The van der Waals surface area contributed by atoms with E-state index in [1.807, 2.05) is 48.5 Å². The molecule has 2 amide bonds. The van der Waals surface area contributed by atoms with Gasteiger partial charge in [0.1, 0.15) is 12.4 Å². The van der Waals surface area contributed by atoms with E-state index in [9.17, 15) is 9.59 Å². The Morgan fingerprint density at radius 3 is 2.59 bits per heavy atom. The highest BCUT2D eigenvalue weighted by Gasteiger charge is 2.33. The lowest BCUT2D eigenvalue weighted by atomic mass is 10.0. The number of imidazole rings is 1. The molecule has 0 bridgehead atoms. The van der Waals surface area contributed by atoms with Gasteiger partial charge < -0.3 is 15.0 Å². The van der Waals surface area contributed by atoms with Gasteiger partial charge in [0.05, 0.1) is 23.5 Å². The van der Waals surface area contributed by atoms with Gasteiger partial charge in [0, 0.05) is 12.6 Å². The zero-order valence-corrected chi connectivity index (χ0v) is 20.7. The number of hydrogen-bond donors (Lipinski definition) is 2. The number of aromatic amines is 1. The largest absolute Gasteiger partial charge is 0.445 e. The van der Waals surface area contributed by atoms with Crippen LogP contribution in [0, 0.1) is 0 Å². The Morgan fingerprint density at radius 2 is 1.76 bits per heavy atom. The van der Waals surface area contributed by atoms with Crippen molar-refractivity contribution >= 4 is 23.0 Å².